The van der Waals surface area contributed by atoms with Crippen molar-refractivity contribution in [3.05, 3.63) is 52.6 Å². The summed E-state index contributed by atoms with van der Waals surface area (Å²) in [4.78, 5) is 11.7. The van der Waals surface area contributed by atoms with E-state index in [-0.39, 0.29) is 11.7 Å². The number of nitrogens with one attached hydrogen (secondary N) is 1. The lowest BCUT2D eigenvalue weighted by Crippen LogP contribution is -2.24. The average Bonchev–Trinajstić information content (AvgIpc) is 2.81. The lowest BCUT2D eigenvalue weighted by molar-refractivity contribution is -0.116. The predicted molar refractivity (Wildman–Crippen MR) is 87.2 cm³/mol. The first-order valence-corrected chi connectivity index (χ1v) is 7.36. The van der Waals surface area contributed by atoms with Crippen molar-refractivity contribution in [2.75, 3.05) is 20.3 Å². The first-order valence-electron chi connectivity index (χ1n) is 6.99. The van der Waals surface area contributed by atoms with E-state index in [0.717, 1.165) is 0 Å². The molecule has 1 aromatic heterocycles. The lowest BCUT2D eigenvalue weighted by Gasteiger charge is -2.02. The Hall–Kier alpha value is -2.18. The molecule has 0 fully saturated rings. The summed E-state index contributed by atoms with van der Waals surface area (Å²) >= 11 is 6.32. The minimum atomic E-state index is -0.332. The van der Waals surface area contributed by atoms with Crippen LogP contribution in [0.2, 0.25) is 5.15 Å². The lowest BCUT2D eigenvalue weighted by atomic mass is 10.2. The molecule has 1 heterocycles. The van der Waals surface area contributed by atoms with Gasteiger partial charge >= 0.3 is 0 Å². The zero-order valence-electron chi connectivity index (χ0n) is 12.8. The van der Waals surface area contributed by atoms with Crippen LogP contribution in [0.5, 0.6) is 0 Å². The number of carbonyl (C=O) groups excluding carboxylic acids is 1. The van der Waals surface area contributed by atoms with E-state index in [2.05, 4.69) is 10.4 Å². The molecule has 7 heteroatoms. The molecule has 2 aromatic rings. The van der Waals surface area contributed by atoms with Crippen LogP contribution in [0.4, 0.5) is 4.39 Å². The highest BCUT2D eigenvalue weighted by Crippen LogP contribution is 2.24. The van der Waals surface area contributed by atoms with Gasteiger partial charge in [-0.25, -0.2) is 9.07 Å². The summed E-state index contributed by atoms with van der Waals surface area (Å²) in [5, 5.41) is 7.35. The molecule has 0 saturated heterocycles. The van der Waals surface area contributed by atoms with Crippen molar-refractivity contribution in [3.63, 3.8) is 0 Å². The van der Waals surface area contributed by atoms with Crippen LogP contribution in [-0.4, -0.2) is 35.9 Å². The molecule has 0 aliphatic carbocycles. The van der Waals surface area contributed by atoms with Gasteiger partial charge in [0.15, 0.2) is 0 Å². The Balaban J connectivity index is 2.17. The number of nitrogens with zero attached hydrogens (tertiary/aromatic N) is 2. The van der Waals surface area contributed by atoms with Gasteiger partial charge in [-0.2, -0.15) is 5.10 Å². The number of hydrogen-bond acceptors (Lipinski definition) is 3. The number of rotatable bonds is 6. The van der Waals surface area contributed by atoms with Crippen molar-refractivity contribution in [2.24, 2.45) is 0 Å². The van der Waals surface area contributed by atoms with Crippen molar-refractivity contribution in [2.45, 2.75) is 6.92 Å². The fourth-order valence-corrected chi connectivity index (χ4v) is 2.28. The largest absolute Gasteiger partial charge is 0.383 e. The van der Waals surface area contributed by atoms with E-state index in [0.29, 0.717) is 35.2 Å². The number of benzene rings is 1. The number of methoxy groups -OCH3 is 1. The maximum absolute atomic E-state index is 13.0. The molecule has 0 bridgehead atoms. The molecule has 1 amide bonds. The van der Waals surface area contributed by atoms with Gasteiger partial charge in [0.1, 0.15) is 11.0 Å². The summed E-state index contributed by atoms with van der Waals surface area (Å²) < 4.78 is 19.4. The van der Waals surface area contributed by atoms with Crippen LogP contribution in [-0.2, 0) is 9.53 Å². The van der Waals surface area contributed by atoms with Crippen LogP contribution in [0.3, 0.4) is 0 Å². The molecular formula is C16H17ClFN3O2. The van der Waals surface area contributed by atoms with Gasteiger partial charge in [0.25, 0.3) is 0 Å². The van der Waals surface area contributed by atoms with Gasteiger partial charge in [0.05, 0.1) is 18.0 Å². The summed E-state index contributed by atoms with van der Waals surface area (Å²) in [7, 11) is 1.56. The molecule has 0 saturated carbocycles. The third-order valence-electron chi connectivity index (χ3n) is 3.13. The molecule has 2 rings (SSSR count). The van der Waals surface area contributed by atoms with Crippen molar-refractivity contribution in [1.82, 2.24) is 15.1 Å². The first kappa shape index (κ1) is 17.2. The number of hydrogen-bond donors (Lipinski definition) is 1. The van der Waals surface area contributed by atoms with E-state index in [9.17, 15) is 9.18 Å². The van der Waals surface area contributed by atoms with E-state index in [1.165, 1.54) is 22.9 Å². The Morgan fingerprint density at radius 1 is 1.43 bits per heavy atom. The van der Waals surface area contributed by atoms with Crippen molar-refractivity contribution in [3.8, 4) is 5.69 Å². The van der Waals surface area contributed by atoms with Crippen LogP contribution in [0.15, 0.2) is 30.3 Å². The second-order valence-electron chi connectivity index (χ2n) is 4.80. The van der Waals surface area contributed by atoms with E-state index >= 15 is 0 Å². The van der Waals surface area contributed by atoms with Gasteiger partial charge < -0.3 is 10.1 Å². The monoisotopic (exact) mass is 337 g/mol. The molecule has 0 spiro atoms. The molecule has 1 N–H and O–H groups in total. The highest BCUT2D eigenvalue weighted by Gasteiger charge is 2.12. The number of amides is 1. The molecule has 1 aromatic carbocycles. The van der Waals surface area contributed by atoms with E-state index in [4.69, 9.17) is 16.3 Å². The molecule has 0 unspecified atom stereocenters. The number of carbonyl (C=O) groups is 1. The first-order chi connectivity index (χ1) is 11.0. The molecule has 122 valence electrons. The summed E-state index contributed by atoms with van der Waals surface area (Å²) in [6.07, 6.45) is 2.99. The number of ether oxygens (including phenoxy) is 1. The quantitative estimate of drug-likeness (QED) is 0.651. The minimum Gasteiger partial charge on any atom is -0.383 e. The van der Waals surface area contributed by atoms with Crippen LogP contribution in [0.1, 0.15) is 11.3 Å². The van der Waals surface area contributed by atoms with Crippen molar-refractivity contribution < 1.29 is 13.9 Å². The van der Waals surface area contributed by atoms with Gasteiger partial charge in [0.2, 0.25) is 5.91 Å². The standard InChI is InChI=1S/C16H17ClFN3O2/c1-11-14(7-8-15(22)19-9-10-23-2)16(17)21(20-11)13-5-3-12(18)4-6-13/h3-8H,9-10H2,1-2H3,(H,19,22)/b8-7+. The second kappa shape index (κ2) is 7.89. The Morgan fingerprint density at radius 2 is 2.13 bits per heavy atom. The molecule has 0 radical (unpaired) electrons. The zero-order valence-corrected chi connectivity index (χ0v) is 13.6. The molecule has 0 aliphatic heterocycles. The Morgan fingerprint density at radius 3 is 2.78 bits per heavy atom. The fourth-order valence-electron chi connectivity index (χ4n) is 1.95. The van der Waals surface area contributed by atoms with Gasteiger partial charge in [-0.15, -0.1) is 0 Å². The third kappa shape index (κ3) is 4.40. The SMILES string of the molecule is COCCNC(=O)/C=C/c1c(C)nn(-c2ccc(F)cc2)c1Cl. The number of aryl methyl sites for hydroxylation is 1. The molecule has 5 nitrogen and oxygen atoms in total. The smallest absolute Gasteiger partial charge is 0.244 e. The summed E-state index contributed by atoms with van der Waals surface area (Å²) in [6, 6.07) is 5.83. The van der Waals surface area contributed by atoms with Crippen molar-refractivity contribution in [1.29, 1.82) is 0 Å². The fraction of sp³-hybridized carbons (Fsp3) is 0.250. The van der Waals surface area contributed by atoms with Gasteiger partial charge in [-0.05, 0) is 37.3 Å². The topological polar surface area (TPSA) is 56.1 Å². The summed E-state index contributed by atoms with van der Waals surface area (Å²) in [5.41, 5.74) is 1.95. The van der Waals surface area contributed by atoms with Crippen molar-refractivity contribution >= 4 is 23.6 Å². The van der Waals surface area contributed by atoms with Crippen LogP contribution in [0, 0.1) is 12.7 Å². The predicted octanol–water partition coefficient (Wildman–Crippen LogP) is 2.75. The van der Waals surface area contributed by atoms with Crippen LogP contribution < -0.4 is 5.32 Å². The van der Waals surface area contributed by atoms with Crippen LogP contribution >= 0.6 is 11.6 Å². The molecule has 0 atom stereocenters. The summed E-state index contributed by atoms with van der Waals surface area (Å²) in [6.45, 7) is 2.66. The maximum Gasteiger partial charge on any atom is 0.244 e. The number of halogens is 2. The minimum absolute atomic E-state index is 0.243. The molecular weight excluding hydrogens is 321 g/mol. The maximum atomic E-state index is 13.0. The second-order valence-corrected chi connectivity index (χ2v) is 5.15. The highest BCUT2D eigenvalue weighted by molar-refractivity contribution is 6.31. The Kier molecular flexibility index (Phi) is 5.90. The van der Waals surface area contributed by atoms with Gasteiger partial charge in [-0.1, -0.05) is 11.6 Å². The number of aromatic nitrogens is 2. The third-order valence-corrected chi connectivity index (χ3v) is 3.49. The highest BCUT2D eigenvalue weighted by atomic mass is 35.5. The van der Waals surface area contributed by atoms with Gasteiger partial charge in [0, 0.05) is 25.3 Å². The summed E-state index contributed by atoms with van der Waals surface area (Å²) in [5.74, 6) is -0.575. The van der Waals surface area contributed by atoms with Crippen LogP contribution in [0.25, 0.3) is 11.8 Å². The molecule has 23 heavy (non-hydrogen) atoms. The van der Waals surface area contributed by atoms with Gasteiger partial charge in [-0.3, -0.25) is 4.79 Å². The average molecular weight is 338 g/mol. The normalized spacial score (nSPS) is 11.1. The van der Waals surface area contributed by atoms with E-state index in [1.807, 2.05) is 0 Å². The van der Waals surface area contributed by atoms with E-state index in [1.54, 1.807) is 32.2 Å². The Bertz CT molecular complexity index is 711. The Labute approximate surface area is 138 Å². The molecule has 0 aliphatic rings. The van der Waals surface area contributed by atoms with E-state index < -0.39 is 0 Å². The zero-order chi connectivity index (χ0) is 16.8.